The quantitative estimate of drug-likeness (QED) is 0.329. The molecular weight excluding hydrogens is 536 g/mol. The first kappa shape index (κ1) is 41.4. The zero-order chi connectivity index (χ0) is 19.0. The van der Waals surface area contributed by atoms with Gasteiger partial charge in [-0.05, 0) is 5.39 Å². The third-order valence-corrected chi connectivity index (χ3v) is 3.37. The molecule has 0 heterocycles. The van der Waals surface area contributed by atoms with Crippen molar-refractivity contribution in [1.82, 2.24) is 0 Å². The molecular formula is C15H3K5O10. The normalized spacial score (nSPS) is 8.67. The summed E-state index contributed by atoms with van der Waals surface area (Å²) in [7, 11) is 0. The Bertz CT molecular complexity index is 1010. The molecule has 0 aliphatic rings. The summed E-state index contributed by atoms with van der Waals surface area (Å²) in [5, 5.41) is 54.8. The Labute approximate surface area is 381 Å². The maximum Gasteiger partial charge on any atom is 1.00 e. The molecule has 0 radical (unpaired) electrons. The van der Waals surface area contributed by atoms with Gasteiger partial charge in [0.05, 0.1) is 29.8 Å². The van der Waals surface area contributed by atoms with Crippen molar-refractivity contribution in [2.24, 2.45) is 0 Å². The van der Waals surface area contributed by atoms with E-state index in [-0.39, 0.29) is 257 Å². The van der Waals surface area contributed by atoms with E-state index in [1.807, 2.05) is 0 Å². The minimum atomic E-state index is -2.39. The van der Waals surface area contributed by atoms with Crippen LogP contribution in [0, 0.1) is 0 Å². The van der Waals surface area contributed by atoms with Crippen molar-refractivity contribution >= 4 is 40.6 Å². The Hall–Kier alpha value is 4.23. The number of carboxylic acid groups (broad SMARTS) is 5. The average molecular weight is 539 g/mol. The molecule has 0 spiro atoms. The molecule has 15 heteroatoms. The van der Waals surface area contributed by atoms with Crippen molar-refractivity contribution < 1.29 is 306 Å². The first-order valence-electron chi connectivity index (χ1n) is 6.29. The minimum Gasteiger partial charge on any atom is -0.545 e. The van der Waals surface area contributed by atoms with Crippen LogP contribution in [-0.4, -0.2) is 29.8 Å². The molecule has 2 aromatic rings. The number of carbonyl (C=O) groups is 5. The van der Waals surface area contributed by atoms with Crippen LogP contribution in [0.15, 0.2) is 18.2 Å². The summed E-state index contributed by atoms with van der Waals surface area (Å²) >= 11 is 0. The Morgan fingerprint density at radius 1 is 0.500 bits per heavy atom. The molecule has 30 heavy (non-hydrogen) atoms. The molecule has 0 N–H and O–H groups in total. The molecule has 0 atom stereocenters. The SMILES string of the molecule is O=C([O-])c1c(C(=O)[O-])c(C(=O)[O-])c2c(C(=O)[O-])cccc2c1C(=O)[O-].[K+].[K+].[K+].[K+].[K+]. The number of carboxylic acids is 5. The third-order valence-electron chi connectivity index (χ3n) is 3.37. The smallest absolute Gasteiger partial charge is 0.545 e. The zero-order valence-corrected chi connectivity index (χ0v) is 32.4. The number of benzene rings is 2. The van der Waals surface area contributed by atoms with Crippen molar-refractivity contribution in [1.29, 1.82) is 0 Å². The maximum atomic E-state index is 11.4. The summed E-state index contributed by atoms with van der Waals surface area (Å²) in [6.07, 6.45) is 0. The fourth-order valence-electron chi connectivity index (χ4n) is 2.53. The Balaban J connectivity index is -0.000000676. The molecule has 0 aliphatic heterocycles. The molecule has 0 fully saturated rings. The molecule has 0 unspecified atom stereocenters. The monoisotopic (exact) mass is 538 g/mol. The van der Waals surface area contributed by atoms with Gasteiger partial charge >= 0.3 is 257 Å². The van der Waals surface area contributed by atoms with Crippen LogP contribution < -0.4 is 282 Å². The van der Waals surface area contributed by atoms with Crippen LogP contribution in [0.4, 0.5) is 0 Å². The van der Waals surface area contributed by atoms with E-state index in [0.29, 0.717) is 0 Å². The van der Waals surface area contributed by atoms with Crippen molar-refractivity contribution in [3.8, 4) is 0 Å². The standard InChI is InChI=1S/C15H8O10.5K/c16-11(17)5-3-1-2-4-6(5)8(13(20)21)10(15(24)25)9(14(22)23)7(4)12(18)19;;;;;/h1-3H,(H,16,17)(H,18,19)(H,20,21)(H,22,23)(H,24,25);;;;;/q;5*+1/p-5. The Morgan fingerprint density at radius 3 is 1.20 bits per heavy atom. The summed E-state index contributed by atoms with van der Waals surface area (Å²) in [5.41, 5.74) is -6.71. The number of fused-ring (bicyclic) bond motifs is 1. The number of rotatable bonds is 5. The second-order valence-electron chi connectivity index (χ2n) is 4.67. The Kier molecular flexibility index (Phi) is 25.5. The van der Waals surface area contributed by atoms with E-state index >= 15 is 0 Å². The largest absolute Gasteiger partial charge is 1.00 e. The van der Waals surface area contributed by atoms with Gasteiger partial charge in [0.1, 0.15) is 0 Å². The molecule has 0 bridgehead atoms. The number of hydrogen-bond acceptors (Lipinski definition) is 10. The Morgan fingerprint density at radius 2 is 0.867 bits per heavy atom. The number of aromatic carboxylic acids is 5. The fraction of sp³-hybridized carbons (Fsp3) is 0. The predicted octanol–water partition coefficient (Wildman–Crippen LogP) is -20.3. The van der Waals surface area contributed by atoms with Crippen molar-refractivity contribution in [3.05, 3.63) is 46.0 Å². The summed E-state index contributed by atoms with van der Waals surface area (Å²) in [6, 6.07) is 2.64. The minimum absolute atomic E-state index is 0. The van der Waals surface area contributed by atoms with E-state index in [2.05, 4.69) is 0 Å². The summed E-state index contributed by atoms with van der Waals surface area (Å²) in [4.78, 5) is 56.4. The third kappa shape index (κ3) is 9.27. The van der Waals surface area contributed by atoms with Gasteiger partial charge in [0.25, 0.3) is 0 Å². The van der Waals surface area contributed by atoms with E-state index in [0.717, 1.165) is 18.2 Å². The molecule has 2 rings (SSSR count). The van der Waals surface area contributed by atoms with Gasteiger partial charge in [-0.3, -0.25) is 0 Å². The second-order valence-corrected chi connectivity index (χ2v) is 4.67. The van der Waals surface area contributed by atoms with Gasteiger partial charge in [0, 0.05) is 33.2 Å². The summed E-state index contributed by atoms with van der Waals surface area (Å²) in [5.74, 6) is -11.2. The van der Waals surface area contributed by atoms with Crippen LogP contribution in [0.25, 0.3) is 10.8 Å². The molecule has 0 aromatic heterocycles. The van der Waals surface area contributed by atoms with Gasteiger partial charge in [-0.15, -0.1) is 0 Å². The summed E-state index contributed by atoms with van der Waals surface area (Å²) in [6.45, 7) is 0. The summed E-state index contributed by atoms with van der Waals surface area (Å²) < 4.78 is 0. The average Bonchev–Trinajstić information content (AvgIpc) is 2.50. The number of hydrogen-bond donors (Lipinski definition) is 0. The van der Waals surface area contributed by atoms with Crippen molar-refractivity contribution in [2.75, 3.05) is 0 Å². The van der Waals surface area contributed by atoms with E-state index < -0.39 is 68.4 Å². The number of carbonyl (C=O) groups excluding carboxylic acids is 5. The van der Waals surface area contributed by atoms with Crippen LogP contribution >= 0.6 is 0 Å². The fourth-order valence-corrected chi connectivity index (χ4v) is 2.53. The van der Waals surface area contributed by atoms with Crippen LogP contribution in [0.1, 0.15) is 51.8 Å². The van der Waals surface area contributed by atoms with Crippen molar-refractivity contribution in [3.63, 3.8) is 0 Å². The molecule has 0 aliphatic carbocycles. The van der Waals surface area contributed by atoms with Crippen LogP contribution in [0.3, 0.4) is 0 Å². The van der Waals surface area contributed by atoms with E-state index in [1.165, 1.54) is 0 Å². The molecule has 0 amide bonds. The molecule has 128 valence electrons. The zero-order valence-electron chi connectivity index (χ0n) is 16.8. The van der Waals surface area contributed by atoms with Gasteiger partial charge < -0.3 is 49.5 Å². The van der Waals surface area contributed by atoms with Crippen LogP contribution in [-0.2, 0) is 0 Å². The molecule has 10 nitrogen and oxygen atoms in total. The predicted molar refractivity (Wildman–Crippen MR) is 65.6 cm³/mol. The molecule has 0 saturated heterocycles. The van der Waals surface area contributed by atoms with E-state index in [1.54, 1.807) is 0 Å². The van der Waals surface area contributed by atoms with E-state index in [9.17, 15) is 49.5 Å². The molecule has 2 aromatic carbocycles. The van der Waals surface area contributed by atoms with Crippen molar-refractivity contribution in [2.45, 2.75) is 0 Å². The first-order chi connectivity index (χ1) is 11.6. The van der Waals surface area contributed by atoms with Crippen LogP contribution in [0.2, 0.25) is 0 Å². The van der Waals surface area contributed by atoms with Gasteiger partial charge in [0.15, 0.2) is 0 Å². The van der Waals surface area contributed by atoms with Gasteiger partial charge in [-0.2, -0.15) is 0 Å². The molecule has 0 saturated carbocycles. The maximum absolute atomic E-state index is 11.4. The van der Waals surface area contributed by atoms with E-state index in [4.69, 9.17) is 0 Å². The van der Waals surface area contributed by atoms with Gasteiger partial charge in [-0.25, -0.2) is 0 Å². The van der Waals surface area contributed by atoms with Gasteiger partial charge in [-0.1, -0.05) is 18.2 Å². The van der Waals surface area contributed by atoms with Gasteiger partial charge in [0.2, 0.25) is 0 Å². The van der Waals surface area contributed by atoms with Crippen LogP contribution in [0.5, 0.6) is 0 Å². The second kappa shape index (κ2) is 18.5. The first-order valence-corrected chi connectivity index (χ1v) is 6.29. The topological polar surface area (TPSA) is 201 Å².